The van der Waals surface area contributed by atoms with Crippen LogP contribution in [0.5, 0.6) is 0 Å². The number of rotatable bonds is 5. The Labute approximate surface area is 103 Å². The molecule has 0 N–H and O–H groups in total. The first kappa shape index (κ1) is 12.6. The molecule has 4 heteroatoms. The Morgan fingerprint density at radius 3 is 3.12 bits per heavy atom. The maximum absolute atomic E-state index is 5.30. The summed E-state index contributed by atoms with van der Waals surface area (Å²) in [6.45, 7) is 7.63. The lowest BCUT2D eigenvalue weighted by Gasteiger charge is -2.29. The zero-order valence-corrected chi connectivity index (χ0v) is 11.0. The molecular weight excluding hydrogens is 214 g/mol. The van der Waals surface area contributed by atoms with E-state index in [1.807, 2.05) is 0 Å². The van der Waals surface area contributed by atoms with E-state index in [-0.39, 0.29) is 0 Å². The number of piperidine rings is 1. The molecule has 1 atom stereocenters. The SMILES string of the molecule is CCCCc1noc(CN2CCCC(C)C2)n1. The Hall–Kier alpha value is -0.900. The summed E-state index contributed by atoms with van der Waals surface area (Å²) in [5, 5.41) is 4.03. The fourth-order valence-corrected chi connectivity index (χ4v) is 2.41. The highest BCUT2D eigenvalue weighted by Crippen LogP contribution is 2.17. The van der Waals surface area contributed by atoms with E-state index in [0.29, 0.717) is 0 Å². The predicted octanol–water partition coefficient (Wildman–Crippen LogP) is 2.64. The molecular formula is C13H23N3O. The number of unbranched alkanes of at least 4 members (excludes halogenated alkanes) is 1. The van der Waals surface area contributed by atoms with Gasteiger partial charge in [0.1, 0.15) is 0 Å². The van der Waals surface area contributed by atoms with E-state index in [2.05, 4.69) is 28.9 Å². The predicted molar refractivity (Wildman–Crippen MR) is 66.6 cm³/mol. The molecule has 0 aliphatic carbocycles. The lowest BCUT2D eigenvalue weighted by atomic mass is 10.0. The number of hydrogen-bond donors (Lipinski definition) is 0. The van der Waals surface area contributed by atoms with Crippen LogP contribution in [0.25, 0.3) is 0 Å². The van der Waals surface area contributed by atoms with Crippen LogP contribution >= 0.6 is 0 Å². The van der Waals surface area contributed by atoms with Crippen molar-refractivity contribution in [3.8, 4) is 0 Å². The molecule has 4 nitrogen and oxygen atoms in total. The van der Waals surface area contributed by atoms with Crippen LogP contribution in [0.15, 0.2) is 4.52 Å². The monoisotopic (exact) mass is 237 g/mol. The highest BCUT2D eigenvalue weighted by Gasteiger charge is 2.18. The fourth-order valence-electron chi connectivity index (χ4n) is 2.41. The van der Waals surface area contributed by atoms with E-state index in [9.17, 15) is 0 Å². The molecule has 1 aromatic heterocycles. The van der Waals surface area contributed by atoms with Gasteiger partial charge in [0.15, 0.2) is 5.82 Å². The molecule has 2 heterocycles. The van der Waals surface area contributed by atoms with Crippen LogP contribution in [0.3, 0.4) is 0 Å². The summed E-state index contributed by atoms with van der Waals surface area (Å²) in [7, 11) is 0. The van der Waals surface area contributed by atoms with E-state index < -0.39 is 0 Å². The second kappa shape index (κ2) is 6.15. The summed E-state index contributed by atoms with van der Waals surface area (Å²) in [5.41, 5.74) is 0. The van der Waals surface area contributed by atoms with E-state index in [1.54, 1.807) is 0 Å². The van der Waals surface area contributed by atoms with Crippen LogP contribution < -0.4 is 0 Å². The zero-order valence-electron chi connectivity index (χ0n) is 11.0. The highest BCUT2D eigenvalue weighted by atomic mass is 16.5. The molecule has 17 heavy (non-hydrogen) atoms. The standard InChI is InChI=1S/C13H23N3O/c1-3-4-7-12-14-13(17-15-12)10-16-8-5-6-11(2)9-16/h11H,3-10H2,1-2H3. The molecule has 1 saturated heterocycles. The Balaban J connectivity index is 1.83. The summed E-state index contributed by atoms with van der Waals surface area (Å²) >= 11 is 0. The third-order valence-corrected chi connectivity index (χ3v) is 3.36. The number of aromatic nitrogens is 2. The molecule has 0 amide bonds. The minimum atomic E-state index is 0.783. The van der Waals surface area contributed by atoms with Crippen molar-refractivity contribution in [2.45, 2.75) is 52.5 Å². The Bertz CT molecular complexity index is 337. The summed E-state index contributed by atoms with van der Waals surface area (Å²) < 4.78 is 5.30. The van der Waals surface area contributed by atoms with Gasteiger partial charge in [-0.1, -0.05) is 25.4 Å². The average molecular weight is 237 g/mol. The van der Waals surface area contributed by atoms with Crippen LogP contribution in [0.2, 0.25) is 0 Å². The topological polar surface area (TPSA) is 42.2 Å². The molecule has 1 aliphatic rings. The maximum Gasteiger partial charge on any atom is 0.240 e. The molecule has 0 saturated carbocycles. The average Bonchev–Trinajstić information content (AvgIpc) is 2.74. The molecule has 0 spiro atoms. The molecule has 0 bridgehead atoms. The van der Waals surface area contributed by atoms with Gasteiger partial charge in [-0.3, -0.25) is 4.90 Å². The Kier molecular flexibility index (Phi) is 4.54. The van der Waals surface area contributed by atoms with Crippen molar-refractivity contribution >= 4 is 0 Å². The van der Waals surface area contributed by atoms with Crippen molar-refractivity contribution in [1.29, 1.82) is 0 Å². The smallest absolute Gasteiger partial charge is 0.240 e. The third kappa shape index (κ3) is 3.80. The van der Waals surface area contributed by atoms with E-state index in [0.717, 1.165) is 50.1 Å². The Morgan fingerprint density at radius 2 is 2.35 bits per heavy atom. The molecule has 1 aliphatic heterocycles. The van der Waals surface area contributed by atoms with Crippen molar-refractivity contribution in [3.63, 3.8) is 0 Å². The number of hydrogen-bond acceptors (Lipinski definition) is 4. The lowest BCUT2D eigenvalue weighted by Crippen LogP contribution is -2.33. The third-order valence-electron chi connectivity index (χ3n) is 3.36. The molecule has 1 unspecified atom stereocenters. The normalized spacial score (nSPS) is 21.9. The lowest BCUT2D eigenvalue weighted by molar-refractivity contribution is 0.157. The molecule has 2 rings (SSSR count). The second-order valence-electron chi connectivity index (χ2n) is 5.19. The molecule has 1 aromatic rings. The molecule has 96 valence electrons. The Morgan fingerprint density at radius 1 is 1.47 bits per heavy atom. The van der Waals surface area contributed by atoms with Gasteiger partial charge in [-0.25, -0.2) is 0 Å². The van der Waals surface area contributed by atoms with Gasteiger partial charge in [0, 0.05) is 13.0 Å². The zero-order chi connectivity index (χ0) is 12.1. The molecule has 0 aromatic carbocycles. The van der Waals surface area contributed by atoms with Gasteiger partial charge in [0.25, 0.3) is 0 Å². The highest BCUT2D eigenvalue weighted by molar-refractivity contribution is 4.87. The first-order valence-electron chi connectivity index (χ1n) is 6.81. The first-order chi connectivity index (χ1) is 8.28. The van der Waals surface area contributed by atoms with Crippen molar-refractivity contribution in [2.24, 2.45) is 5.92 Å². The van der Waals surface area contributed by atoms with Crippen molar-refractivity contribution in [2.75, 3.05) is 13.1 Å². The van der Waals surface area contributed by atoms with Crippen LogP contribution in [0.4, 0.5) is 0 Å². The fraction of sp³-hybridized carbons (Fsp3) is 0.846. The first-order valence-corrected chi connectivity index (χ1v) is 6.81. The van der Waals surface area contributed by atoms with Crippen molar-refractivity contribution in [3.05, 3.63) is 11.7 Å². The van der Waals surface area contributed by atoms with Gasteiger partial charge in [0.05, 0.1) is 6.54 Å². The summed E-state index contributed by atoms with van der Waals surface area (Å²) in [6.07, 6.45) is 5.89. The molecule has 1 fully saturated rings. The summed E-state index contributed by atoms with van der Waals surface area (Å²) in [5.74, 6) is 2.45. The minimum Gasteiger partial charge on any atom is -0.338 e. The van der Waals surface area contributed by atoms with Crippen LogP contribution in [0, 0.1) is 5.92 Å². The largest absolute Gasteiger partial charge is 0.338 e. The quantitative estimate of drug-likeness (QED) is 0.789. The van der Waals surface area contributed by atoms with Crippen LogP contribution in [-0.2, 0) is 13.0 Å². The number of likely N-dealkylation sites (tertiary alicyclic amines) is 1. The molecule has 0 radical (unpaired) electrons. The maximum atomic E-state index is 5.30. The van der Waals surface area contributed by atoms with E-state index >= 15 is 0 Å². The van der Waals surface area contributed by atoms with Gasteiger partial charge in [-0.15, -0.1) is 0 Å². The van der Waals surface area contributed by atoms with E-state index in [1.165, 1.54) is 19.3 Å². The summed E-state index contributed by atoms with van der Waals surface area (Å²) in [6, 6.07) is 0. The number of nitrogens with zero attached hydrogens (tertiary/aromatic N) is 3. The van der Waals surface area contributed by atoms with Gasteiger partial charge in [0.2, 0.25) is 5.89 Å². The summed E-state index contributed by atoms with van der Waals surface area (Å²) in [4.78, 5) is 6.87. The van der Waals surface area contributed by atoms with Gasteiger partial charge < -0.3 is 4.52 Å². The van der Waals surface area contributed by atoms with Crippen molar-refractivity contribution < 1.29 is 4.52 Å². The van der Waals surface area contributed by atoms with Gasteiger partial charge in [-0.2, -0.15) is 4.98 Å². The van der Waals surface area contributed by atoms with Gasteiger partial charge in [-0.05, 0) is 31.7 Å². The van der Waals surface area contributed by atoms with Crippen LogP contribution in [0.1, 0.15) is 51.2 Å². The van der Waals surface area contributed by atoms with Crippen molar-refractivity contribution in [1.82, 2.24) is 15.0 Å². The minimum absolute atomic E-state index is 0.783. The second-order valence-corrected chi connectivity index (χ2v) is 5.19. The van der Waals surface area contributed by atoms with E-state index in [4.69, 9.17) is 4.52 Å². The van der Waals surface area contributed by atoms with Crippen LogP contribution in [-0.4, -0.2) is 28.1 Å². The number of aryl methyl sites for hydroxylation is 1. The van der Waals surface area contributed by atoms with Gasteiger partial charge >= 0.3 is 0 Å².